The van der Waals surface area contributed by atoms with Gasteiger partial charge < -0.3 is 14.2 Å². The Morgan fingerprint density at radius 3 is 2.13 bits per heavy atom. The van der Waals surface area contributed by atoms with Gasteiger partial charge in [-0.3, -0.25) is 9.59 Å². The minimum absolute atomic E-state index is 0.364. The first-order valence-corrected chi connectivity index (χ1v) is 7.50. The van der Waals surface area contributed by atoms with E-state index in [2.05, 4.69) is 0 Å². The molecule has 2 rings (SSSR count). The number of hydrogen-bond acceptors (Lipinski definition) is 6. The van der Waals surface area contributed by atoms with Crippen molar-refractivity contribution in [3.05, 3.63) is 35.9 Å². The van der Waals surface area contributed by atoms with E-state index >= 15 is 0 Å². The summed E-state index contributed by atoms with van der Waals surface area (Å²) in [6.45, 7) is 1.31. The number of carbonyl (C=O) groups excluding carboxylic acids is 3. The van der Waals surface area contributed by atoms with Crippen LogP contribution in [0.1, 0.15) is 36.5 Å². The van der Waals surface area contributed by atoms with Crippen molar-refractivity contribution in [2.24, 2.45) is 5.92 Å². The summed E-state index contributed by atoms with van der Waals surface area (Å²) in [5, 5.41) is 0. The molecular formula is C17H20O6. The Morgan fingerprint density at radius 1 is 0.957 bits per heavy atom. The number of methoxy groups -OCH3 is 1. The number of carbonyl (C=O) groups is 3. The number of ether oxygens (including phenoxy) is 3. The van der Waals surface area contributed by atoms with Crippen molar-refractivity contribution in [1.29, 1.82) is 0 Å². The monoisotopic (exact) mass is 320 g/mol. The topological polar surface area (TPSA) is 78.9 Å². The van der Waals surface area contributed by atoms with Crippen molar-refractivity contribution in [2.75, 3.05) is 7.11 Å². The third kappa shape index (κ3) is 4.81. The maximum absolute atomic E-state index is 12.1. The molecule has 1 fully saturated rings. The third-order valence-corrected chi connectivity index (χ3v) is 3.77. The molecule has 124 valence electrons. The summed E-state index contributed by atoms with van der Waals surface area (Å²) >= 11 is 0. The standard InChI is InChI=1S/C17H20O6/c1-11(18)22-14-8-13(16(19)21-2)9-15(10-14)23-17(20)12-6-4-3-5-7-12/h3-7,13-15H,8-10H2,1-2H3/t13?,14?,15-/m0/s1. The molecule has 0 radical (unpaired) electrons. The van der Waals surface area contributed by atoms with Crippen LogP contribution in [0.5, 0.6) is 0 Å². The molecule has 1 aliphatic rings. The van der Waals surface area contributed by atoms with E-state index in [-0.39, 0.29) is 5.97 Å². The van der Waals surface area contributed by atoms with Gasteiger partial charge in [0.05, 0.1) is 18.6 Å². The highest BCUT2D eigenvalue weighted by Crippen LogP contribution is 2.30. The molecule has 1 aromatic carbocycles. The lowest BCUT2D eigenvalue weighted by atomic mass is 9.85. The highest BCUT2D eigenvalue weighted by atomic mass is 16.6. The molecule has 0 aromatic heterocycles. The predicted molar refractivity (Wildman–Crippen MR) is 80.6 cm³/mol. The van der Waals surface area contributed by atoms with Crippen molar-refractivity contribution >= 4 is 17.9 Å². The largest absolute Gasteiger partial charge is 0.469 e. The minimum atomic E-state index is -0.495. The molecule has 3 atom stereocenters. The zero-order valence-corrected chi connectivity index (χ0v) is 13.2. The highest BCUT2D eigenvalue weighted by Gasteiger charge is 2.37. The van der Waals surface area contributed by atoms with Crippen LogP contribution in [0.25, 0.3) is 0 Å². The van der Waals surface area contributed by atoms with Gasteiger partial charge in [-0.25, -0.2) is 4.79 Å². The molecule has 6 nitrogen and oxygen atoms in total. The molecule has 0 N–H and O–H groups in total. The maximum Gasteiger partial charge on any atom is 0.338 e. The van der Waals surface area contributed by atoms with Gasteiger partial charge in [0.1, 0.15) is 12.2 Å². The Morgan fingerprint density at radius 2 is 1.57 bits per heavy atom. The van der Waals surface area contributed by atoms with Crippen LogP contribution in [0.4, 0.5) is 0 Å². The van der Waals surface area contributed by atoms with Crippen LogP contribution in [0.15, 0.2) is 30.3 Å². The molecule has 23 heavy (non-hydrogen) atoms. The number of hydrogen-bond donors (Lipinski definition) is 0. The van der Waals surface area contributed by atoms with E-state index in [1.807, 2.05) is 0 Å². The first-order chi connectivity index (χ1) is 11.0. The summed E-state index contributed by atoms with van der Waals surface area (Å²) in [4.78, 5) is 35.1. The fourth-order valence-electron chi connectivity index (χ4n) is 2.80. The van der Waals surface area contributed by atoms with E-state index in [9.17, 15) is 14.4 Å². The van der Waals surface area contributed by atoms with E-state index in [0.717, 1.165) is 0 Å². The molecule has 1 aliphatic carbocycles. The SMILES string of the molecule is COC(=O)C1CC(OC(C)=O)C[C@@H](OC(=O)c2ccccc2)C1. The van der Waals surface area contributed by atoms with Crippen molar-refractivity contribution in [3.8, 4) is 0 Å². The van der Waals surface area contributed by atoms with Crippen LogP contribution in [0, 0.1) is 5.92 Å². The van der Waals surface area contributed by atoms with Crippen molar-refractivity contribution in [1.82, 2.24) is 0 Å². The summed E-state index contributed by atoms with van der Waals surface area (Å²) < 4.78 is 15.4. The molecule has 2 unspecified atom stereocenters. The van der Waals surface area contributed by atoms with Gasteiger partial charge in [0, 0.05) is 13.3 Å². The van der Waals surface area contributed by atoms with Gasteiger partial charge in [-0.1, -0.05) is 18.2 Å². The summed E-state index contributed by atoms with van der Waals surface area (Å²) in [6.07, 6.45) is 0.171. The molecule has 1 saturated carbocycles. The molecule has 0 aliphatic heterocycles. The van der Waals surface area contributed by atoms with E-state index in [0.29, 0.717) is 24.8 Å². The van der Waals surface area contributed by atoms with Crippen molar-refractivity contribution in [3.63, 3.8) is 0 Å². The second kappa shape index (κ2) is 7.76. The molecule has 0 saturated heterocycles. The number of benzene rings is 1. The average Bonchev–Trinajstić information content (AvgIpc) is 2.54. The Balaban J connectivity index is 2.05. The summed E-state index contributed by atoms with van der Waals surface area (Å²) in [5.41, 5.74) is 0.441. The predicted octanol–water partition coefficient (Wildman–Crippen LogP) is 2.12. The smallest absolute Gasteiger partial charge is 0.338 e. The first kappa shape index (κ1) is 17.0. The molecule has 0 heterocycles. The summed E-state index contributed by atoms with van der Waals surface area (Å²) in [6, 6.07) is 8.62. The minimum Gasteiger partial charge on any atom is -0.469 e. The van der Waals surface area contributed by atoms with Crippen LogP contribution in [0.3, 0.4) is 0 Å². The molecule has 0 amide bonds. The summed E-state index contributed by atoms with van der Waals surface area (Å²) in [5.74, 6) is -1.72. The van der Waals surface area contributed by atoms with Gasteiger partial charge >= 0.3 is 17.9 Å². The molecule has 1 aromatic rings. The van der Waals surface area contributed by atoms with Gasteiger partial charge in [0.25, 0.3) is 0 Å². The molecule has 0 bridgehead atoms. The molecule has 0 spiro atoms. The Kier molecular flexibility index (Phi) is 5.73. The van der Waals surface area contributed by atoms with Gasteiger partial charge in [0.2, 0.25) is 0 Å². The van der Waals surface area contributed by atoms with Gasteiger partial charge in [-0.05, 0) is 25.0 Å². The quantitative estimate of drug-likeness (QED) is 0.624. The Hall–Kier alpha value is -2.37. The second-order valence-corrected chi connectivity index (χ2v) is 5.55. The van der Waals surface area contributed by atoms with Gasteiger partial charge in [-0.15, -0.1) is 0 Å². The fourth-order valence-corrected chi connectivity index (χ4v) is 2.80. The zero-order valence-electron chi connectivity index (χ0n) is 13.2. The van der Waals surface area contributed by atoms with E-state index in [1.165, 1.54) is 14.0 Å². The van der Waals surface area contributed by atoms with Gasteiger partial charge in [0.15, 0.2) is 0 Å². The van der Waals surface area contributed by atoms with Crippen molar-refractivity contribution < 1.29 is 28.6 Å². The fraction of sp³-hybridized carbons (Fsp3) is 0.471. The first-order valence-electron chi connectivity index (χ1n) is 7.50. The summed E-state index contributed by atoms with van der Waals surface area (Å²) in [7, 11) is 1.31. The van der Waals surface area contributed by atoms with E-state index in [4.69, 9.17) is 14.2 Å². The van der Waals surface area contributed by atoms with Crippen LogP contribution in [-0.2, 0) is 23.8 Å². The Labute approximate surface area is 134 Å². The van der Waals surface area contributed by atoms with Crippen molar-refractivity contribution in [2.45, 2.75) is 38.4 Å². The van der Waals surface area contributed by atoms with Crippen LogP contribution < -0.4 is 0 Å². The number of esters is 3. The third-order valence-electron chi connectivity index (χ3n) is 3.77. The van der Waals surface area contributed by atoms with Crippen LogP contribution in [-0.4, -0.2) is 37.2 Å². The Bertz CT molecular complexity index is 568. The lowest BCUT2D eigenvalue weighted by molar-refractivity contribution is -0.159. The zero-order chi connectivity index (χ0) is 16.8. The highest BCUT2D eigenvalue weighted by molar-refractivity contribution is 5.89. The van der Waals surface area contributed by atoms with E-state index in [1.54, 1.807) is 30.3 Å². The van der Waals surface area contributed by atoms with Crippen LogP contribution >= 0.6 is 0 Å². The normalized spacial score (nSPS) is 23.7. The van der Waals surface area contributed by atoms with Gasteiger partial charge in [-0.2, -0.15) is 0 Å². The van der Waals surface area contributed by atoms with Crippen LogP contribution in [0.2, 0.25) is 0 Å². The lowest BCUT2D eigenvalue weighted by Gasteiger charge is -2.32. The second-order valence-electron chi connectivity index (χ2n) is 5.55. The lowest BCUT2D eigenvalue weighted by Crippen LogP contribution is -2.38. The molecule has 6 heteroatoms. The number of rotatable bonds is 4. The van der Waals surface area contributed by atoms with E-state index < -0.39 is 30.1 Å². The maximum atomic E-state index is 12.1. The molecular weight excluding hydrogens is 300 g/mol. The average molecular weight is 320 g/mol.